The van der Waals surface area contributed by atoms with Crippen LogP contribution in [0.4, 0.5) is 4.39 Å². The van der Waals surface area contributed by atoms with E-state index in [2.05, 4.69) is 0 Å². The topological polar surface area (TPSA) is 26.0 Å². The third-order valence-electron chi connectivity index (χ3n) is 3.10. The first-order valence-corrected chi connectivity index (χ1v) is 5.62. The molecule has 2 aromatic carbocycles. The molecule has 88 valence electrons. The second-order valence-corrected chi connectivity index (χ2v) is 4.58. The predicted molar refractivity (Wildman–Crippen MR) is 68.2 cm³/mol. The molecular weight excluding hydrogens is 213 g/mol. The van der Waals surface area contributed by atoms with Crippen LogP contribution in [0.25, 0.3) is 0 Å². The Morgan fingerprint density at radius 1 is 0.882 bits per heavy atom. The number of aryl methyl sites for hydroxylation is 1. The quantitative estimate of drug-likeness (QED) is 0.839. The highest BCUT2D eigenvalue weighted by atomic mass is 19.1. The standard InChI is InChI=1S/C15H16FN/c1-11-3-5-12(6-4-11)15(2,17)13-7-9-14(16)10-8-13/h3-10H,17H2,1-2H3. The summed E-state index contributed by atoms with van der Waals surface area (Å²) < 4.78 is 12.9. The highest BCUT2D eigenvalue weighted by molar-refractivity contribution is 5.37. The van der Waals surface area contributed by atoms with Gasteiger partial charge in [-0.05, 0) is 37.1 Å². The molecule has 0 saturated carbocycles. The van der Waals surface area contributed by atoms with Gasteiger partial charge in [-0.2, -0.15) is 0 Å². The molecule has 0 aromatic heterocycles. The molecule has 0 aliphatic heterocycles. The molecule has 0 heterocycles. The summed E-state index contributed by atoms with van der Waals surface area (Å²) in [5.41, 5.74) is 8.87. The molecule has 0 aliphatic carbocycles. The summed E-state index contributed by atoms with van der Waals surface area (Å²) in [4.78, 5) is 0. The summed E-state index contributed by atoms with van der Waals surface area (Å²) >= 11 is 0. The predicted octanol–water partition coefficient (Wildman–Crippen LogP) is 3.36. The molecular formula is C15H16FN. The van der Waals surface area contributed by atoms with Crippen molar-refractivity contribution in [3.05, 3.63) is 71.0 Å². The lowest BCUT2D eigenvalue weighted by Gasteiger charge is -2.26. The summed E-state index contributed by atoms with van der Waals surface area (Å²) in [6, 6.07) is 14.4. The SMILES string of the molecule is Cc1ccc(C(C)(N)c2ccc(F)cc2)cc1. The maximum absolute atomic E-state index is 12.9. The Hall–Kier alpha value is -1.67. The van der Waals surface area contributed by atoms with Gasteiger partial charge in [0.15, 0.2) is 0 Å². The third kappa shape index (κ3) is 2.37. The van der Waals surface area contributed by atoms with E-state index in [0.717, 1.165) is 11.1 Å². The zero-order valence-electron chi connectivity index (χ0n) is 10.1. The minimum Gasteiger partial charge on any atom is -0.318 e. The van der Waals surface area contributed by atoms with Gasteiger partial charge in [-0.25, -0.2) is 4.39 Å². The Labute approximate surface area is 101 Å². The molecule has 2 rings (SSSR count). The first-order valence-electron chi connectivity index (χ1n) is 5.62. The lowest BCUT2D eigenvalue weighted by atomic mass is 9.85. The number of halogens is 1. The lowest BCUT2D eigenvalue weighted by Crippen LogP contribution is -2.34. The van der Waals surface area contributed by atoms with Crippen molar-refractivity contribution in [3.8, 4) is 0 Å². The van der Waals surface area contributed by atoms with Crippen LogP contribution in [0.3, 0.4) is 0 Å². The molecule has 1 unspecified atom stereocenters. The summed E-state index contributed by atoms with van der Waals surface area (Å²) in [5, 5.41) is 0. The van der Waals surface area contributed by atoms with Crippen molar-refractivity contribution in [1.82, 2.24) is 0 Å². The van der Waals surface area contributed by atoms with E-state index in [1.807, 2.05) is 38.1 Å². The van der Waals surface area contributed by atoms with E-state index >= 15 is 0 Å². The Bertz CT molecular complexity index is 450. The Morgan fingerprint density at radius 3 is 1.76 bits per heavy atom. The number of hydrogen-bond donors (Lipinski definition) is 1. The molecule has 0 fully saturated rings. The molecule has 0 amide bonds. The molecule has 0 bridgehead atoms. The zero-order chi connectivity index (χ0) is 12.5. The number of rotatable bonds is 2. The van der Waals surface area contributed by atoms with Gasteiger partial charge in [-0.15, -0.1) is 0 Å². The van der Waals surface area contributed by atoms with Gasteiger partial charge in [0.25, 0.3) is 0 Å². The second kappa shape index (κ2) is 4.30. The average molecular weight is 229 g/mol. The number of benzene rings is 2. The molecule has 0 aliphatic rings. The highest BCUT2D eigenvalue weighted by Gasteiger charge is 2.23. The van der Waals surface area contributed by atoms with Gasteiger partial charge in [0.2, 0.25) is 0 Å². The normalized spacial score (nSPS) is 14.4. The molecule has 0 radical (unpaired) electrons. The Balaban J connectivity index is 2.41. The monoisotopic (exact) mass is 229 g/mol. The first kappa shape index (κ1) is 11.8. The van der Waals surface area contributed by atoms with Crippen LogP contribution in [0.15, 0.2) is 48.5 Å². The van der Waals surface area contributed by atoms with Crippen molar-refractivity contribution < 1.29 is 4.39 Å². The Kier molecular flexibility index (Phi) is 2.99. The van der Waals surface area contributed by atoms with Crippen molar-refractivity contribution in [2.24, 2.45) is 5.73 Å². The van der Waals surface area contributed by atoms with Crippen LogP contribution in [-0.2, 0) is 5.54 Å². The van der Waals surface area contributed by atoms with Gasteiger partial charge in [0, 0.05) is 0 Å². The fraction of sp³-hybridized carbons (Fsp3) is 0.200. The van der Waals surface area contributed by atoms with E-state index in [1.165, 1.54) is 17.7 Å². The number of nitrogens with two attached hydrogens (primary N) is 1. The van der Waals surface area contributed by atoms with E-state index < -0.39 is 5.54 Å². The molecule has 0 spiro atoms. The Morgan fingerprint density at radius 2 is 1.29 bits per heavy atom. The van der Waals surface area contributed by atoms with Gasteiger partial charge in [-0.1, -0.05) is 42.0 Å². The highest BCUT2D eigenvalue weighted by Crippen LogP contribution is 2.26. The van der Waals surface area contributed by atoms with Crippen LogP contribution < -0.4 is 5.73 Å². The van der Waals surface area contributed by atoms with Gasteiger partial charge in [-0.3, -0.25) is 0 Å². The van der Waals surface area contributed by atoms with E-state index in [0.29, 0.717) is 0 Å². The zero-order valence-corrected chi connectivity index (χ0v) is 10.1. The van der Waals surface area contributed by atoms with Gasteiger partial charge in [0.05, 0.1) is 5.54 Å². The largest absolute Gasteiger partial charge is 0.318 e. The van der Waals surface area contributed by atoms with Crippen molar-refractivity contribution in [3.63, 3.8) is 0 Å². The van der Waals surface area contributed by atoms with Crippen LogP contribution in [0.2, 0.25) is 0 Å². The van der Waals surface area contributed by atoms with Crippen molar-refractivity contribution >= 4 is 0 Å². The van der Waals surface area contributed by atoms with Crippen LogP contribution in [-0.4, -0.2) is 0 Å². The minimum absolute atomic E-state index is 0.242. The summed E-state index contributed by atoms with van der Waals surface area (Å²) in [7, 11) is 0. The van der Waals surface area contributed by atoms with Crippen LogP contribution >= 0.6 is 0 Å². The van der Waals surface area contributed by atoms with E-state index in [4.69, 9.17) is 5.73 Å². The summed E-state index contributed by atoms with van der Waals surface area (Å²) in [6.45, 7) is 3.97. The van der Waals surface area contributed by atoms with Crippen LogP contribution in [0.5, 0.6) is 0 Å². The molecule has 2 aromatic rings. The minimum atomic E-state index is -0.596. The molecule has 1 atom stereocenters. The summed E-state index contributed by atoms with van der Waals surface area (Å²) in [5.74, 6) is -0.242. The van der Waals surface area contributed by atoms with E-state index in [-0.39, 0.29) is 5.82 Å². The maximum Gasteiger partial charge on any atom is 0.123 e. The van der Waals surface area contributed by atoms with Crippen LogP contribution in [0, 0.1) is 12.7 Å². The molecule has 2 heteroatoms. The van der Waals surface area contributed by atoms with Crippen molar-refractivity contribution in [1.29, 1.82) is 0 Å². The van der Waals surface area contributed by atoms with Gasteiger partial charge < -0.3 is 5.73 Å². The first-order chi connectivity index (χ1) is 8.00. The van der Waals surface area contributed by atoms with E-state index in [9.17, 15) is 4.39 Å². The van der Waals surface area contributed by atoms with Gasteiger partial charge >= 0.3 is 0 Å². The third-order valence-corrected chi connectivity index (χ3v) is 3.10. The maximum atomic E-state index is 12.9. The van der Waals surface area contributed by atoms with E-state index in [1.54, 1.807) is 12.1 Å². The van der Waals surface area contributed by atoms with Crippen molar-refractivity contribution in [2.75, 3.05) is 0 Å². The molecule has 2 N–H and O–H groups in total. The molecule has 17 heavy (non-hydrogen) atoms. The smallest absolute Gasteiger partial charge is 0.123 e. The number of hydrogen-bond acceptors (Lipinski definition) is 1. The molecule has 0 saturated heterocycles. The average Bonchev–Trinajstić information content (AvgIpc) is 2.30. The fourth-order valence-corrected chi connectivity index (χ4v) is 1.86. The van der Waals surface area contributed by atoms with Crippen molar-refractivity contribution in [2.45, 2.75) is 19.4 Å². The molecule has 1 nitrogen and oxygen atoms in total. The summed E-state index contributed by atoms with van der Waals surface area (Å²) in [6.07, 6.45) is 0. The fourth-order valence-electron chi connectivity index (χ4n) is 1.86. The van der Waals surface area contributed by atoms with Gasteiger partial charge in [0.1, 0.15) is 5.82 Å². The van der Waals surface area contributed by atoms with Crippen LogP contribution in [0.1, 0.15) is 23.6 Å². The lowest BCUT2D eigenvalue weighted by molar-refractivity contribution is 0.593. The second-order valence-electron chi connectivity index (χ2n) is 4.58.